The molecule has 3 rings (SSSR count). The second-order valence-electron chi connectivity index (χ2n) is 11.4. The van der Waals surface area contributed by atoms with Gasteiger partial charge in [-0.15, -0.1) is 0 Å². The first-order valence-electron chi connectivity index (χ1n) is 12.3. The van der Waals surface area contributed by atoms with Crippen LogP contribution in [0.15, 0.2) is 40.9 Å². The van der Waals surface area contributed by atoms with Crippen LogP contribution in [0, 0.1) is 0 Å². The van der Waals surface area contributed by atoms with Gasteiger partial charge in [-0.3, -0.25) is 9.59 Å². The summed E-state index contributed by atoms with van der Waals surface area (Å²) in [6.45, 7) is 14.7. The maximum atomic E-state index is 11.4. The summed E-state index contributed by atoms with van der Waals surface area (Å²) in [5.74, 6) is 1.04. The molecule has 0 amide bonds. The van der Waals surface area contributed by atoms with E-state index in [1.807, 2.05) is 27.7 Å². The zero-order valence-corrected chi connectivity index (χ0v) is 24.9. The molecule has 2 N–H and O–H groups in total. The van der Waals surface area contributed by atoms with Crippen LogP contribution in [0.2, 0.25) is 0 Å². The summed E-state index contributed by atoms with van der Waals surface area (Å²) in [5, 5.41) is 19.4. The summed E-state index contributed by atoms with van der Waals surface area (Å²) in [4.78, 5) is 22.1. The van der Waals surface area contributed by atoms with E-state index in [-0.39, 0.29) is 13.2 Å². The molecule has 38 heavy (non-hydrogen) atoms. The van der Waals surface area contributed by atoms with Crippen molar-refractivity contribution >= 4 is 41.1 Å². The van der Waals surface area contributed by atoms with Crippen LogP contribution >= 0.6 is 15.9 Å². The van der Waals surface area contributed by atoms with Crippen molar-refractivity contribution in [2.24, 2.45) is 0 Å². The van der Waals surface area contributed by atoms with Gasteiger partial charge in [0, 0.05) is 16.6 Å². The van der Waals surface area contributed by atoms with Crippen molar-refractivity contribution in [2.45, 2.75) is 77.8 Å². The lowest BCUT2D eigenvalue weighted by Gasteiger charge is -2.32. The lowest BCUT2D eigenvalue weighted by Crippen LogP contribution is -2.41. The number of ether oxygens (including phenoxy) is 2. The summed E-state index contributed by atoms with van der Waals surface area (Å²) in [6.07, 6.45) is 1.51. The Morgan fingerprint density at radius 1 is 0.816 bits per heavy atom. The first-order chi connectivity index (χ1) is 17.4. The minimum Gasteiger partial charge on any atom is -0.491 e. The molecule has 8 nitrogen and oxygen atoms in total. The lowest BCUT2D eigenvalue weighted by molar-refractivity contribution is 0.00578. The van der Waals surface area contributed by atoms with E-state index in [0.29, 0.717) is 32.6 Å². The summed E-state index contributed by atoms with van der Waals surface area (Å²) in [5.41, 5.74) is -1.35. The number of carbonyl (C=O) groups excluding carboxylic acids is 2. The molecule has 0 bridgehead atoms. The fourth-order valence-electron chi connectivity index (χ4n) is 3.24. The van der Waals surface area contributed by atoms with Crippen molar-refractivity contribution in [3.05, 3.63) is 52.0 Å². The highest BCUT2D eigenvalue weighted by Gasteiger charge is 2.53. The van der Waals surface area contributed by atoms with Gasteiger partial charge in [0.25, 0.3) is 0 Å². The van der Waals surface area contributed by atoms with E-state index in [1.54, 1.807) is 64.1 Å². The third-order valence-corrected chi connectivity index (χ3v) is 6.85. The predicted molar refractivity (Wildman–Crippen MR) is 151 cm³/mol. The molecule has 1 heterocycles. The SMILES string of the molecule is CC(C)(O)COc1cccc(C=O)c1B1OC(C)(C)C(C)(C)O1.CC(C)(O)COc1cccc(C=O)c1Br. The van der Waals surface area contributed by atoms with E-state index in [0.717, 1.165) is 12.6 Å². The van der Waals surface area contributed by atoms with Gasteiger partial charge in [0.05, 0.1) is 26.9 Å². The molecule has 0 atom stereocenters. The maximum Gasteiger partial charge on any atom is 0.499 e. The molecular formula is C28H38BBrO8. The molecule has 0 aromatic heterocycles. The molecular weight excluding hydrogens is 555 g/mol. The molecule has 0 spiro atoms. The van der Waals surface area contributed by atoms with Gasteiger partial charge in [-0.05, 0) is 83.5 Å². The maximum absolute atomic E-state index is 11.4. The third kappa shape index (κ3) is 8.64. The van der Waals surface area contributed by atoms with Gasteiger partial charge >= 0.3 is 7.12 Å². The van der Waals surface area contributed by atoms with Crippen molar-refractivity contribution in [1.29, 1.82) is 0 Å². The average Bonchev–Trinajstić information content (AvgIpc) is 3.02. The minimum atomic E-state index is -0.982. The number of hydrogen-bond donors (Lipinski definition) is 2. The highest BCUT2D eigenvalue weighted by atomic mass is 79.9. The Bertz CT molecular complexity index is 1100. The molecule has 2 aromatic carbocycles. The molecule has 1 aliphatic rings. The van der Waals surface area contributed by atoms with Crippen molar-refractivity contribution in [3.63, 3.8) is 0 Å². The summed E-state index contributed by atoms with van der Waals surface area (Å²) in [6, 6.07) is 10.3. The van der Waals surface area contributed by atoms with E-state index in [9.17, 15) is 19.8 Å². The number of hydrogen-bond acceptors (Lipinski definition) is 8. The minimum absolute atomic E-state index is 0.0990. The molecule has 0 saturated carbocycles. The Morgan fingerprint density at radius 3 is 1.68 bits per heavy atom. The van der Waals surface area contributed by atoms with Crippen LogP contribution in [0.25, 0.3) is 0 Å². The zero-order chi connectivity index (χ0) is 28.9. The second-order valence-corrected chi connectivity index (χ2v) is 12.2. The zero-order valence-electron chi connectivity index (χ0n) is 23.3. The van der Waals surface area contributed by atoms with Crippen LogP contribution in [0.1, 0.15) is 76.1 Å². The van der Waals surface area contributed by atoms with Crippen LogP contribution in [0.3, 0.4) is 0 Å². The molecule has 0 radical (unpaired) electrons. The van der Waals surface area contributed by atoms with Gasteiger partial charge in [-0.2, -0.15) is 0 Å². The van der Waals surface area contributed by atoms with E-state index in [2.05, 4.69) is 15.9 Å². The van der Waals surface area contributed by atoms with Gasteiger partial charge in [-0.1, -0.05) is 24.3 Å². The van der Waals surface area contributed by atoms with Crippen LogP contribution in [0.5, 0.6) is 11.5 Å². The van der Waals surface area contributed by atoms with Crippen LogP contribution in [0.4, 0.5) is 0 Å². The Hall–Kier alpha value is -2.24. The van der Waals surface area contributed by atoms with Crippen LogP contribution in [-0.2, 0) is 9.31 Å². The van der Waals surface area contributed by atoms with E-state index < -0.39 is 29.5 Å². The largest absolute Gasteiger partial charge is 0.499 e. The summed E-state index contributed by atoms with van der Waals surface area (Å²) >= 11 is 3.27. The number of carbonyl (C=O) groups is 2. The monoisotopic (exact) mass is 592 g/mol. The fraction of sp³-hybridized carbons (Fsp3) is 0.500. The van der Waals surface area contributed by atoms with Crippen LogP contribution < -0.4 is 14.9 Å². The molecule has 0 aliphatic carbocycles. The van der Waals surface area contributed by atoms with Gasteiger partial charge < -0.3 is 29.0 Å². The Morgan fingerprint density at radius 2 is 1.24 bits per heavy atom. The van der Waals surface area contributed by atoms with Gasteiger partial charge in [0.1, 0.15) is 31.0 Å². The average molecular weight is 593 g/mol. The van der Waals surface area contributed by atoms with Crippen molar-refractivity contribution < 1.29 is 38.6 Å². The normalized spacial score (nSPS) is 16.3. The molecule has 10 heteroatoms. The third-order valence-electron chi connectivity index (χ3n) is 6.00. The van der Waals surface area contributed by atoms with Crippen molar-refractivity contribution in [2.75, 3.05) is 13.2 Å². The number of aliphatic hydroxyl groups is 2. The Kier molecular flexibility index (Phi) is 10.4. The Balaban J connectivity index is 0.000000293. The first kappa shape index (κ1) is 32.0. The molecule has 1 aliphatic heterocycles. The molecule has 1 fully saturated rings. The molecule has 2 aromatic rings. The standard InChI is InChI=1S/C17H25BO5.C11H13BrO3/c1-15(2,20)11-21-13-9-7-8-12(10-19)14(13)18-22-16(3,4)17(5,6)23-18;1-11(2,14)7-15-9-5-3-4-8(6-13)10(9)12/h7-10,20H,11H2,1-6H3;3-6,14H,7H2,1-2H3. The number of benzene rings is 2. The van der Waals surface area contributed by atoms with Crippen LogP contribution in [-0.4, -0.2) is 65.5 Å². The fourth-order valence-corrected chi connectivity index (χ4v) is 3.71. The summed E-state index contributed by atoms with van der Waals surface area (Å²) < 4.78 is 23.8. The second kappa shape index (κ2) is 12.3. The molecule has 0 unspecified atom stereocenters. The smallest absolute Gasteiger partial charge is 0.491 e. The van der Waals surface area contributed by atoms with Crippen molar-refractivity contribution in [1.82, 2.24) is 0 Å². The number of rotatable bonds is 9. The first-order valence-corrected chi connectivity index (χ1v) is 13.1. The van der Waals surface area contributed by atoms with Gasteiger partial charge in [-0.25, -0.2) is 0 Å². The van der Waals surface area contributed by atoms with E-state index in [4.69, 9.17) is 18.8 Å². The highest BCUT2D eigenvalue weighted by Crippen LogP contribution is 2.37. The van der Waals surface area contributed by atoms with E-state index >= 15 is 0 Å². The van der Waals surface area contributed by atoms with E-state index in [1.165, 1.54) is 0 Å². The lowest BCUT2D eigenvalue weighted by atomic mass is 9.75. The number of halogens is 1. The number of aldehydes is 2. The quantitative estimate of drug-likeness (QED) is 0.326. The predicted octanol–water partition coefficient (Wildman–Crippen LogP) is 4.36. The topological polar surface area (TPSA) is 112 Å². The Labute approximate surface area is 233 Å². The van der Waals surface area contributed by atoms with Gasteiger partial charge in [0.15, 0.2) is 6.29 Å². The summed E-state index contributed by atoms with van der Waals surface area (Å²) in [7, 11) is -0.696. The highest BCUT2D eigenvalue weighted by molar-refractivity contribution is 9.10. The van der Waals surface area contributed by atoms with Gasteiger partial charge in [0.2, 0.25) is 0 Å². The molecule has 208 valence electrons. The molecule has 1 saturated heterocycles. The van der Waals surface area contributed by atoms with Crippen molar-refractivity contribution in [3.8, 4) is 11.5 Å².